The number of tetrazole rings is 1. The molecule has 0 aliphatic carbocycles. The molecule has 0 fully saturated rings. The first-order chi connectivity index (χ1) is 12.2. The van der Waals surface area contributed by atoms with Gasteiger partial charge in [0.2, 0.25) is 5.16 Å². The molecule has 1 N–H and O–H groups in total. The number of aryl methyl sites for hydroxylation is 1. The van der Waals surface area contributed by atoms with Crippen LogP contribution in [0.5, 0.6) is 11.5 Å². The average Bonchev–Trinajstić information content (AvgIpc) is 2.99. The summed E-state index contributed by atoms with van der Waals surface area (Å²) in [5.41, 5.74) is 1.07. The molecule has 0 unspecified atom stereocenters. The molecule has 1 aromatic carbocycles. The number of benzene rings is 1. The molecule has 0 aliphatic rings. The molecule has 7 nitrogen and oxygen atoms in total. The molecule has 0 amide bonds. The second kappa shape index (κ2) is 10.5. The summed E-state index contributed by atoms with van der Waals surface area (Å²) in [7, 11) is 1.84. The fourth-order valence-electron chi connectivity index (χ4n) is 2.21. The Hall–Kier alpha value is -1.51. The first-order valence-corrected chi connectivity index (χ1v) is 9.65. The SMILES string of the molecule is CCOc1cc(CNCCCSc2nnnn2C)cc(Cl)c1OCC. The Morgan fingerprint density at radius 3 is 2.72 bits per heavy atom. The first kappa shape index (κ1) is 19.8. The lowest BCUT2D eigenvalue weighted by Crippen LogP contribution is -2.15. The van der Waals surface area contributed by atoms with Gasteiger partial charge in [-0.1, -0.05) is 23.4 Å². The summed E-state index contributed by atoms with van der Waals surface area (Å²) in [5, 5.41) is 16.2. The summed E-state index contributed by atoms with van der Waals surface area (Å²) >= 11 is 7.97. The van der Waals surface area contributed by atoms with E-state index >= 15 is 0 Å². The van der Waals surface area contributed by atoms with E-state index in [9.17, 15) is 0 Å². The molecular weight excluding hydrogens is 362 g/mol. The maximum Gasteiger partial charge on any atom is 0.209 e. The Morgan fingerprint density at radius 1 is 1.24 bits per heavy atom. The van der Waals surface area contributed by atoms with Crippen LogP contribution in [0.1, 0.15) is 25.8 Å². The Kier molecular flexibility index (Phi) is 8.30. The Balaban J connectivity index is 1.79. The van der Waals surface area contributed by atoms with Gasteiger partial charge in [0.15, 0.2) is 11.5 Å². The van der Waals surface area contributed by atoms with Crippen LogP contribution in [0.25, 0.3) is 0 Å². The molecule has 2 rings (SSSR count). The van der Waals surface area contributed by atoms with Crippen molar-refractivity contribution in [3.05, 3.63) is 22.7 Å². The van der Waals surface area contributed by atoms with E-state index in [1.54, 1.807) is 16.4 Å². The van der Waals surface area contributed by atoms with Gasteiger partial charge < -0.3 is 14.8 Å². The normalized spacial score (nSPS) is 10.9. The molecule has 0 atom stereocenters. The highest BCUT2D eigenvalue weighted by atomic mass is 35.5. The summed E-state index contributed by atoms with van der Waals surface area (Å²) in [4.78, 5) is 0. The predicted molar refractivity (Wildman–Crippen MR) is 99.6 cm³/mol. The van der Waals surface area contributed by atoms with Gasteiger partial charge >= 0.3 is 0 Å². The molecule has 0 spiro atoms. The van der Waals surface area contributed by atoms with Crippen molar-refractivity contribution in [1.29, 1.82) is 0 Å². The third-order valence-corrected chi connectivity index (χ3v) is 4.67. The van der Waals surface area contributed by atoms with Crippen LogP contribution in [0.2, 0.25) is 5.02 Å². The van der Waals surface area contributed by atoms with Crippen LogP contribution >= 0.6 is 23.4 Å². The number of thioether (sulfide) groups is 1. The summed E-state index contributed by atoms with van der Waals surface area (Å²) in [6.07, 6.45) is 1.01. The van der Waals surface area contributed by atoms with Crippen LogP contribution in [-0.2, 0) is 13.6 Å². The van der Waals surface area contributed by atoms with Gasteiger partial charge in [-0.15, -0.1) is 5.10 Å². The lowest BCUT2D eigenvalue weighted by Gasteiger charge is -2.14. The first-order valence-electron chi connectivity index (χ1n) is 8.29. The van der Waals surface area contributed by atoms with Crippen LogP contribution in [-0.4, -0.2) is 45.7 Å². The third kappa shape index (κ3) is 6.05. The second-order valence-corrected chi connectivity index (χ2v) is 6.70. The summed E-state index contributed by atoms with van der Waals surface area (Å²) in [6, 6.07) is 3.90. The molecule has 0 saturated heterocycles. The number of rotatable bonds is 11. The zero-order valence-electron chi connectivity index (χ0n) is 14.8. The molecular formula is C16H24ClN5O2S. The molecule has 0 radical (unpaired) electrons. The van der Waals surface area contributed by atoms with Gasteiger partial charge in [-0.25, -0.2) is 4.68 Å². The zero-order chi connectivity index (χ0) is 18.1. The van der Waals surface area contributed by atoms with Gasteiger partial charge in [0.05, 0.1) is 18.2 Å². The highest BCUT2D eigenvalue weighted by Crippen LogP contribution is 2.36. The van der Waals surface area contributed by atoms with Crippen molar-refractivity contribution in [1.82, 2.24) is 25.5 Å². The number of nitrogens with zero attached hydrogens (tertiary/aromatic N) is 4. The number of ether oxygens (including phenoxy) is 2. The molecule has 138 valence electrons. The minimum Gasteiger partial charge on any atom is -0.490 e. The molecule has 0 saturated carbocycles. The Bertz CT molecular complexity index is 668. The topological polar surface area (TPSA) is 74.1 Å². The van der Waals surface area contributed by atoms with Gasteiger partial charge in [0, 0.05) is 19.3 Å². The van der Waals surface area contributed by atoms with Crippen LogP contribution in [0.4, 0.5) is 0 Å². The summed E-state index contributed by atoms with van der Waals surface area (Å²) in [6.45, 7) is 6.61. The third-order valence-electron chi connectivity index (χ3n) is 3.30. The largest absolute Gasteiger partial charge is 0.490 e. The van der Waals surface area contributed by atoms with Gasteiger partial charge in [-0.05, 0) is 54.9 Å². The quantitative estimate of drug-likeness (QED) is 0.470. The number of hydrogen-bond acceptors (Lipinski definition) is 7. The maximum atomic E-state index is 6.33. The number of nitrogens with one attached hydrogen (secondary N) is 1. The van der Waals surface area contributed by atoms with Gasteiger partial charge in [-0.2, -0.15) is 0 Å². The van der Waals surface area contributed by atoms with Gasteiger partial charge in [-0.3, -0.25) is 0 Å². The van der Waals surface area contributed by atoms with Crippen molar-refractivity contribution in [2.24, 2.45) is 7.05 Å². The van der Waals surface area contributed by atoms with E-state index in [-0.39, 0.29) is 0 Å². The van der Waals surface area contributed by atoms with E-state index in [2.05, 4.69) is 20.8 Å². The monoisotopic (exact) mass is 385 g/mol. The van der Waals surface area contributed by atoms with Gasteiger partial charge in [0.25, 0.3) is 0 Å². The summed E-state index contributed by atoms with van der Waals surface area (Å²) in [5.74, 6) is 2.26. The van der Waals surface area contributed by atoms with Crippen molar-refractivity contribution < 1.29 is 9.47 Å². The van der Waals surface area contributed by atoms with E-state index < -0.39 is 0 Å². The molecule has 25 heavy (non-hydrogen) atoms. The minimum absolute atomic E-state index is 0.552. The van der Waals surface area contributed by atoms with E-state index in [0.29, 0.717) is 29.7 Å². The minimum atomic E-state index is 0.552. The maximum absolute atomic E-state index is 6.33. The van der Waals surface area contributed by atoms with Crippen LogP contribution < -0.4 is 14.8 Å². The number of aromatic nitrogens is 4. The smallest absolute Gasteiger partial charge is 0.209 e. The summed E-state index contributed by atoms with van der Waals surface area (Å²) < 4.78 is 12.9. The Labute approximate surface area is 157 Å². The lowest BCUT2D eigenvalue weighted by atomic mass is 10.2. The highest BCUT2D eigenvalue weighted by Gasteiger charge is 2.12. The Morgan fingerprint density at radius 2 is 2.04 bits per heavy atom. The highest BCUT2D eigenvalue weighted by molar-refractivity contribution is 7.99. The second-order valence-electron chi connectivity index (χ2n) is 5.23. The molecule has 0 aliphatic heterocycles. The fraction of sp³-hybridized carbons (Fsp3) is 0.562. The lowest BCUT2D eigenvalue weighted by molar-refractivity contribution is 0.287. The van der Waals surface area contributed by atoms with Crippen molar-refractivity contribution in [3.8, 4) is 11.5 Å². The molecule has 1 aromatic heterocycles. The van der Waals surface area contributed by atoms with E-state index in [1.165, 1.54) is 0 Å². The molecule has 1 heterocycles. The zero-order valence-corrected chi connectivity index (χ0v) is 16.4. The number of halogens is 1. The van der Waals surface area contributed by atoms with E-state index in [0.717, 1.165) is 36.0 Å². The van der Waals surface area contributed by atoms with Crippen molar-refractivity contribution in [2.45, 2.75) is 32.0 Å². The van der Waals surface area contributed by atoms with Crippen LogP contribution in [0.15, 0.2) is 17.3 Å². The number of hydrogen-bond donors (Lipinski definition) is 1. The van der Waals surface area contributed by atoms with Crippen LogP contribution in [0, 0.1) is 0 Å². The standard InChI is InChI=1S/C16H24ClN5O2S/c1-4-23-14-10-12(9-13(17)15(14)24-5-2)11-18-7-6-8-25-16-19-20-21-22(16)3/h9-10,18H,4-8,11H2,1-3H3. The van der Waals surface area contributed by atoms with Crippen molar-refractivity contribution >= 4 is 23.4 Å². The van der Waals surface area contributed by atoms with Crippen molar-refractivity contribution in [3.63, 3.8) is 0 Å². The van der Waals surface area contributed by atoms with E-state index in [1.807, 2.05) is 33.0 Å². The van der Waals surface area contributed by atoms with Gasteiger partial charge in [0.1, 0.15) is 0 Å². The van der Waals surface area contributed by atoms with E-state index in [4.69, 9.17) is 21.1 Å². The van der Waals surface area contributed by atoms with Crippen LogP contribution in [0.3, 0.4) is 0 Å². The predicted octanol–water partition coefficient (Wildman–Crippen LogP) is 2.93. The molecule has 9 heteroatoms. The molecule has 2 aromatic rings. The average molecular weight is 386 g/mol. The fourth-order valence-corrected chi connectivity index (χ4v) is 3.28. The van der Waals surface area contributed by atoms with Crippen molar-refractivity contribution in [2.75, 3.05) is 25.5 Å². The molecule has 0 bridgehead atoms.